The molecule has 1 aromatic carbocycles. The van der Waals surface area contributed by atoms with Crippen molar-refractivity contribution in [2.24, 2.45) is 5.18 Å². The number of furan rings is 1. The van der Waals surface area contributed by atoms with Gasteiger partial charge in [0.15, 0.2) is 5.79 Å². The standard InChI is InChI=1S/C19H23NO4/c1-13-17(14-8-5-4-6-9-14)18(20-21)15(16-10-7-11-22-16)12-23-19(2,3)24-13/h4-11,13,15,17-18H,12H2,1-3H3. The Balaban J connectivity index is 2.05. The molecule has 3 rings (SSSR count). The Morgan fingerprint density at radius 3 is 2.50 bits per heavy atom. The van der Waals surface area contributed by atoms with Gasteiger partial charge in [0.2, 0.25) is 0 Å². The van der Waals surface area contributed by atoms with E-state index in [0.29, 0.717) is 12.4 Å². The molecule has 2 heterocycles. The fourth-order valence-corrected chi connectivity index (χ4v) is 3.51. The van der Waals surface area contributed by atoms with Gasteiger partial charge in [0, 0.05) is 5.92 Å². The van der Waals surface area contributed by atoms with Crippen LogP contribution < -0.4 is 0 Å². The van der Waals surface area contributed by atoms with Crippen LogP contribution in [-0.4, -0.2) is 24.5 Å². The van der Waals surface area contributed by atoms with Gasteiger partial charge in [-0.25, -0.2) is 0 Å². The maximum absolute atomic E-state index is 11.8. The summed E-state index contributed by atoms with van der Waals surface area (Å²) in [5.74, 6) is -0.466. The lowest BCUT2D eigenvalue weighted by atomic mass is 9.79. The molecular weight excluding hydrogens is 306 g/mol. The van der Waals surface area contributed by atoms with Crippen LogP contribution in [0.1, 0.15) is 43.9 Å². The van der Waals surface area contributed by atoms with Crippen molar-refractivity contribution in [1.29, 1.82) is 0 Å². The largest absolute Gasteiger partial charge is 0.469 e. The highest BCUT2D eigenvalue weighted by Gasteiger charge is 2.43. The van der Waals surface area contributed by atoms with Crippen LogP contribution in [0.25, 0.3) is 0 Å². The first-order valence-corrected chi connectivity index (χ1v) is 8.24. The molecule has 0 N–H and O–H groups in total. The van der Waals surface area contributed by atoms with E-state index in [9.17, 15) is 4.91 Å². The third kappa shape index (κ3) is 3.42. The van der Waals surface area contributed by atoms with Crippen LogP contribution >= 0.6 is 0 Å². The molecule has 0 amide bonds. The van der Waals surface area contributed by atoms with Gasteiger partial charge in [-0.15, -0.1) is 0 Å². The lowest BCUT2D eigenvalue weighted by Crippen LogP contribution is -2.44. The lowest BCUT2D eigenvalue weighted by Gasteiger charge is -2.40. The minimum absolute atomic E-state index is 0.179. The maximum Gasteiger partial charge on any atom is 0.163 e. The summed E-state index contributed by atoms with van der Waals surface area (Å²) in [5.41, 5.74) is 1.03. The van der Waals surface area contributed by atoms with E-state index in [1.807, 2.05) is 63.2 Å². The van der Waals surface area contributed by atoms with E-state index in [1.54, 1.807) is 6.26 Å². The third-order valence-corrected chi connectivity index (χ3v) is 4.58. The molecule has 1 aromatic heterocycles. The molecule has 1 aliphatic heterocycles. The molecule has 5 nitrogen and oxygen atoms in total. The summed E-state index contributed by atoms with van der Waals surface area (Å²) in [4.78, 5) is 11.8. The first-order valence-electron chi connectivity index (χ1n) is 8.24. The van der Waals surface area contributed by atoms with Gasteiger partial charge in [0.25, 0.3) is 0 Å². The van der Waals surface area contributed by atoms with Crippen molar-refractivity contribution in [1.82, 2.24) is 0 Å². The molecule has 0 saturated carbocycles. The van der Waals surface area contributed by atoms with Crippen molar-refractivity contribution in [3.05, 3.63) is 65.0 Å². The van der Waals surface area contributed by atoms with E-state index in [2.05, 4.69) is 5.18 Å². The molecule has 5 heteroatoms. The average Bonchev–Trinajstić information content (AvgIpc) is 3.07. The Hall–Kier alpha value is -1.98. The lowest BCUT2D eigenvalue weighted by molar-refractivity contribution is -0.250. The van der Waals surface area contributed by atoms with Gasteiger partial charge in [-0.2, -0.15) is 4.91 Å². The number of rotatable bonds is 3. The smallest absolute Gasteiger partial charge is 0.163 e. The second kappa shape index (κ2) is 6.87. The highest BCUT2D eigenvalue weighted by Crippen LogP contribution is 2.40. The van der Waals surface area contributed by atoms with E-state index in [1.165, 1.54) is 0 Å². The molecule has 4 unspecified atom stereocenters. The zero-order valence-electron chi connectivity index (χ0n) is 14.2. The molecule has 1 fully saturated rings. The molecule has 0 aliphatic carbocycles. The number of nitroso groups, excluding NO2 is 1. The number of nitrogens with zero attached hydrogens (tertiary/aromatic N) is 1. The van der Waals surface area contributed by atoms with E-state index in [4.69, 9.17) is 13.9 Å². The summed E-state index contributed by atoms with van der Waals surface area (Å²) < 4.78 is 17.6. The van der Waals surface area contributed by atoms with Crippen LogP contribution in [0, 0.1) is 4.91 Å². The molecule has 1 aliphatic rings. The fourth-order valence-electron chi connectivity index (χ4n) is 3.51. The molecule has 24 heavy (non-hydrogen) atoms. The molecule has 0 spiro atoms. The Kier molecular flexibility index (Phi) is 4.83. The third-order valence-electron chi connectivity index (χ3n) is 4.58. The topological polar surface area (TPSA) is 61.0 Å². The van der Waals surface area contributed by atoms with E-state index in [0.717, 1.165) is 5.56 Å². The quantitative estimate of drug-likeness (QED) is 0.780. The van der Waals surface area contributed by atoms with Gasteiger partial charge >= 0.3 is 0 Å². The number of hydrogen-bond acceptors (Lipinski definition) is 5. The van der Waals surface area contributed by atoms with Crippen LogP contribution in [0.5, 0.6) is 0 Å². The summed E-state index contributed by atoms with van der Waals surface area (Å²) in [6.45, 7) is 6.05. The predicted octanol–water partition coefficient (Wildman–Crippen LogP) is 4.45. The van der Waals surface area contributed by atoms with Crippen molar-refractivity contribution in [3.63, 3.8) is 0 Å². The monoisotopic (exact) mass is 329 g/mol. The molecular formula is C19H23NO4. The zero-order valence-corrected chi connectivity index (χ0v) is 14.2. The minimum atomic E-state index is -0.745. The van der Waals surface area contributed by atoms with Crippen LogP contribution in [0.15, 0.2) is 58.3 Å². The van der Waals surface area contributed by atoms with Gasteiger partial charge in [-0.05, 0) is 38.5 Å². The first kappa shape index (κ1) is 16.9. The van der Waals surface area contributed by atoms with Crippen LogP contribution in [0.2, 0.25) is 0 Å². The summed E-state index contributed by atoms with van der Waals surface area (Å²) in [5, 5.41) is 3.47. The normalized spacial score (nSPS) is 30.3. The van der Waals surface area contributed by atoms with Gasteiger partial charge in [0.1, 0.15) is 11.8 Å². The average molecular weight is 329 g/mol. The Labute approximate surface area is 141 Å². The molecule has 1 saturated heterocycles. The van der Waals surface area contributed by atoms with Crippen LogP contribution in [0.4, 0.5) is 0 Å². The predicted molar refractivity (Wildman–Crippen MR) is 90.8 cm³/mol. The van der Waals surface area contributed by atoms with Crippen molar-refractivity contribution < 1.29 is 13.9 Å². The van der Waals surface area contributed by atoms with Crippen molar-refractivity contribution in [3.8, 4) is 0 Å². The van der Waals surface area contributed by atoms with E-state index in [-0.39, 0.29) is 17.9 Å². The molecule has 2 aromatic rings. The van der Waals surface area contributed by atoms with Crippen LogP contribution in [0.3, 0.4) is 0 Å². The Bertz CT molecular complexity index is 653. The number of hydrogen-bond donors (Lipinski definition) is 0. The highest BCUT2D eigenvalue weighted by molar-refractivity contribution is 5.26. The van der Waals surface area contributed by atoms with Gasteiger partial charge in [-0.1, -0.05) is 35.5 Å². The molecule has 4 atom stereocenters. The van der Waals surface area contributed by atoms with Gasteiger partial charge in [0.05, 0.1) is 24.9 Å². The second-order valence-electron chi connectivity index (χ2n) is 6.69. The fraction of sp³-hybridized carbons (Fsp3) is 0.474. The Morgan fingerprint density at radius 1 is 1.12 bits per heavy atom. The SMILES string of the molecule is CC1OC(C)(C)OCC(c2ccco2)C(N=O)C1c1ccccc1. The summed E-state index contributed by atoms with van der Waals surface area (Å²) in [6, 6.07) is 13.1. The van der Waals surface area contributed by atoms with Crippen LogP contribution in [-0.2, 0) is 9.47 Å². The summed E-state index contributed by atoms with van der Waals surface area (Å²) in [6.07, 6.45) is 1.38. The summed E-state index contributed by atoms with van der Waals surface area (Å²) in [7, 11) is 0. The number of ether oxygens (including phenoxy) is 2. The highest BCUT2D eigenvalue weighted by atomic mass is 16.7. The first-order chi connectivity index (χ1) is 11.5. The Morgan fingerprint density at radius 2 is 1.88 bits per heavy atom. The zero-order chi connectivity index (χ0) is 17.2. The van der Waals surface area contributed by atoms with E-state index >= 15 is 0 Å². The molecule has 0 radical (unpaired) electrons. The van der Waals surface area contributed by atoms with Crippen molar-refractivity contribution in [2.45, 2.75) is 50.5 Å². The maximum atomic E-state index is 11.8. The molecule has 128 valence electrons. The van der Waals surface area contributed by atoms with Gasteiger partial charge < -0.3 is 13.9 Å². The van der Waals surface area contributed by atoms with E-state index < -0.39 is 11.8 Å². The molecule has 0 bridgehead atoms. The van der Waals surface area contributed by atoms with Crippen molar-refractivity contribution in [2.75, 3.05) is 6.61 Å². The minimum Gasteiger partial charge on any atom is -0.469 e. The van der Waals surface area contributed by atoms with Crippen molar-refractivity contribution >= 4 is 0 Å². The summed E-state index contributed by atoms with van der Waals surface area (Å²) >= 11 is 0. The van der Waals surface area contributed by atoms with Gasteiger partial charge in [-0.3, -0.25) is 0 Å². The second-order valence-corrected chi connectivity index (χ2v) is 6.69. The number of benzene rings is 1.